The highest BCUT2D eigenvalue weighted by Gasteiger charge is 2.26. The van der Waals surface area contributed by atoms with Gasteiger partial charge in [-0.1, -0.05) is 36.4 Å². The molecule has 0 saturated carbocycles. The molecule has 0 atom stereocenters. The molecule has 1 aliphatic heterocycles. The molecule has 0 bridgehead atoms. The second kappa shape index (κ2) is 10.8. The van der Waals surface area contributed by atoms with Crippen LogP contribution in [0.5, 0.6) is 0 Å². The Balaban J connectivity index is 1.27. The first-order valence-electron chi connectivity index (χ1n) is 12.0. The number of nitrogens with one attached hydrogen (secondary N) is 1. The van der Waals surface area contributed by atoms with Gasteiger partial charge in [0.2, 0.25) is 5.91 Å². The number of nitrogens with zero attached hydrogens (tertiary/aromatic N) is 3. The van der Waals surface area contributed by atoms with E-state index in [1.54, 1.807) is 34.1 Å². The topological polar surface area (TPSA) is 86.4 Å². The van der Waals surface area contributed by atoms with Gasteiger partial charge in [-0.25, -0.2) is 9.49 Å². The molecule has 1 aromatic heterocycles. The summed E-state index contributed by atoms with van der Waals surface area (Å²) in [6, 6.07) is 19.4. The fourth-order valence-corrected chi connectivity index (χ4v) is 5.22. The first-order chi connectivity index (χ1) is 17.9. The van der Waals surface area contributed by atoms with E-state index in [0.29, 0.717) is 55.7 Å². The molecule has 0 spiro atoms. The maximum atomic E-state index is 14.7. The molecule has 1 saturated heterocycles. The third-order valence-electron chi connectivity index (χ3n) is 6.57. The van der Waals surface area contributed by atoms with Crippen LogP contribution in [-0.2, 0) is 17.6 Å². The number of aromatic amines is 1. The van der Waals surface area contributed by atoms with Crippen LogP contribution < -0.4 is 5.56 Å². The number of hydrogen-bond donors (Lipinski definition) is 1. The lowest BCUT2D eigenvalue weighted by Crippen LogP contribution is -2.51. The SMILES string of the molecule is O=C(Cc1cccc(I)c1)N1CCN(C(=O)c2cc(Cc3n[nH]c(=O)c4ccccc34)ccc2F)CC1. The molecule has 1 N–H and O–H groups in total. The number of piperazine rings is 1. The Morgan fingerprint density at radius 1 is 0.892 bits per heavy atom. The molecular formula is C28H24FIN4O3. The Morgan fingerprint density at radius 3 is 2.38 bits per heavy atom. The Labute approximate surface area is 226 Å². The number of fused-ring (bicyclic) bond motifs is 1. The minimum absolute atomic E-state index is 0.00938. The number of hydrogen-bond acceptors (Lipinski definition) is 4. The second-order valence-electron chi connectivity index (χ2n) is 9.02. The van der Waals surface area contributed by atoms with E-state index in [-0.39, 0.29) is 17.0 Å². The molecule has 0 aliphatic carbocycles. The van der Waals surface area contributed by atoms with Crippen LogP contribution in [0.4, 0.5) is 4.39 Å². The largest absolute Gasteiger partial charge is 0.339 e. The van der Waals surface area contributed by atoms with Gasteiger partial charge in [0.1, 0.15) is 5.82 Å². The van der Waals surface area contributed by atoms with Crippen molar-refractivity contribution >= 4 is 45.2 Å². The van der Waals surface area contributed by atoms with Crippen molar-refractivity contribution in [1.82, 2.24) is 20.0 Å². The predicted octanol–water partition coefficient (Wildman–Crippen LogP) is 3.78. The summed E-state index contributed by atoms with van der Waals surface area (Å²) in [5.41, 5.74) is 2.02. The van der Waals surface area contributed by atoms with E-state index < -0.39 is 11.7 Å². The summed E-state index contributed by atoms with van der Waals surface area (Å²) >= 11 is 2.22. The number of aromatic nitrogens is 2. The third kappa shape index (κ3) is 5.56. The molecule has 9 heteroatoms. The summed E-state index contributed by atoms with van der Waals surface area (Å²) in [4.78, 5) is 41.4. The molecule has 2 heterocycles. The van der Waals surface area contributed by atoms with Crippen molar-refractivity contribution in [3.63, 3.8) is 0 Å². The third-order valence-corrected chi connectivity index (χ3v) is 7.24. The Bertz CT molecular complexity index is 1550. The predicted molar refractivity (Wildman–Crippen MR) is 147 cm³/mol. The van der Waals surface area contributed by atoms with Gasteiger partial charge in [0.05, 0.1) is 23.1 Å². The smallest absolute Gasteiger partial charge is 0.272 e. The van der Waals surface area contributed by atoms with E-state index in [2.05, 4.69) is 32.8 Å². The first-order valence-corrected chi connectivity index (χ1v) is 13.0. The number of halogens is 2. The van der Waals surface area contributed by atoms with Gasteiger partial charge in [0.15, 0.2) is 0 Å². The van der Waals surface area contributed by atoms with E-state index in [1.807, 2.05) is 36.4 Å². The minimum Gasteiger partial charge on any atom is -0.339 e. The lowest BCUT2D eigenvalue weighted by molar-refractivity contribution is -0.131. The molecule has 3 aromatic carbocycles. The molecule has 2 amide bonds. The Hall–Kier alpha value is -3.60. The fraction of sp³-hybridized carbons (Fsp3) is 0.214. The van der Waals surface area contributed by atoms with Crippen LogP contribution in [0.25, 0.3) is 10.8 Å². The highest BCUT2D eigenvalue weighted by molar-refractivity contribution is 14.1. The van der Waals surface area contributed by atoms with Gasteiger partial charge in [-0.05, 0) is 64.0 Å². The van der Waals surface area contributed by atoms with Crippen LogP contribution in [0, 0.1) is 9.39 Å². The van der Waals surface area contributed by atoms with Gasteiger partial charge in [-0.3, -0.25) is 14.4 Å². The number of rotatable bonds is 5. The zero-order valence-electron chi connectivity index (χ0n) is 19.9. The molecule has 1 fully saturated rings. The number of H-pyrrole nitrogens is 1. The molecule has 4 aromatic rings. The van der Waals surface area contributed by atoms with Crippen LogP contribution in [0.3, 0.4) is 0 Å². The number of carbonyl (C=O) groups is 2. The Kier molecular flexibility index (Phi) is 7.31. The van der Waals surface area contributed by atoms with E-state index in [9.17, 15) is 18.8 Å². The quantitative estimate of drug-likeness (QED) is 0.349. The molecule has 7 nitrogen and oxygen atoms in total. The molecule has 188 valence electrons. The summed E-state index contributed by atoms with van der Waals surface area (Å²) in [7, 11) is 0. The summed E-state index contributed by atoms with van der Waals surface area (Å²) < 4.78 is 15.8. The summed E-state index contributed by atoms with van der Waals surface area (Å²) in [6.45, 7) is 1.49. The van der Waals surface area contributed by atoms with E-state index in [0.717, 1.165) is 14.5 Å². The maximum absolute atomic E-state index is 14.7. The lowest BCUT2D eigenvalue weighted by atomic mass is 10.0. The normalized spacial score (nSPS) is 13.7. The Morgan fingerprint density at radius 2 is 1.62 bits per heavy atom. The molecule has 1 aliphatic rings. The van der Waals surface area contributed by atoms with Crippen LogP contribution in [0.2, 0.25) is 0 Å². The van der Waals surface area contributed by atoms with Gasteiger partial charge in [0.25, 0.3) is 11.5 Å². The summed E-state index contributed by atoms with van der Waals surface area (Å²) in [5, 5.41) is 7.94. The number of amides is 2. The lowest BCUT2D eigenvalue weighted by Gasteiger charge is -2.35. The van der Waals surface area contributed by atoms with Gasteiger partial charge >= 0.3 is 0 Å². The molecular weight excluding hydrogens is 586 g/mol. The highest BCUT2D eigenvalue weighted by Crippen LogP contribution is 2.20. The fourth-order valence-electron chi connectivity index (χ4n) is 4.61. The highest BCUT2D eigenvalue weighted by atomic mass is 127. The average molecular weight is 610 g/mol. The zero-order valence-corrected chi connectivity index (χ0v) is 22.1. The number of carbonyl (C=O) groups excluding carboxylic acids is 2. The van der Waals surface area contributed by atoms with Crippen molar-refractivity contribution in [2.75, 3.05) is 26.2 Å². The molecule has 5 rings (SSSR count). The second-order valence-corrected chi connectivity index (χ2v) is 10.3. The van der Waals surface area contributed by atoms with Crippen LogP contribution in [-0.4, -0.2) is 58.0 Å². The number of benzene rings is 3. The van der Waals surface area contributed by atoms with Gasteiger partial charge in [-0.2, -0.15) is 5.10 Å². The van der Waals surface area contributed by atoms with Crippen molar-refractivity contribution in [3.8, 4) is 0 Å². The molecule has 37 heavy (non-hydrogen) atoms. The van der Waals surface area contributed by atoms with E-state index in [1.165, 1.54) is 6.07 Å². The van der Waals surface area contributed by atoms with E-state index in [4.69, 9.17) is 0 Å². The van der Waals surface area contributed by atoms with E-state index >= 15 is 0 Å². The van der Waals surface area contributed by atoms with Crippen molar-refractivity contribution in [2.24, 2.45) is 0 Å². The van der Waals surface area contributed by atoms with Crippen molar-refractivity contribution in [1.29, 1.82) is 0 Å². The van der Waals surface area contributed by atoms with Crippen LogP contribution in [0.1, 0.15) is 27.2 Å². The van der Waals surface area contributed by atoms with Crippen LogP contribution >= 0.6 is 22.6 Å². The van der Waals surface area contributed by atoms with Gasteiger partial charge in [0, 0.05) is 41.6 Å². The van der Waals surface area contributed by atoms with Gasteiger partial charge in [-0.15, -0.1) is 0 Å². The van der Waals surface area contributed by atoms with Gasteiger partial charge < -0.3 is 9.80 Å². The maximum Gasteiger partial charge on any atom is 0.272 e. The molecule has 0 unspecified atom stereocenters. The average Bonchev–Trinajstić information content (AvgIpc) is 2.91. The first kappa shape index (κ1) is 25.1. The van der Waals surface area contributed by atoms with Crippen molar-refractivity contribution in [3.05, 3.63) is 109 Å². The molecule has 0 radical (unpaired) electrons. The zero-order chi connectivity index (χ0) is 25.9. The summed E-state index contributed by atoms with van der Waals surface area (Å²) in [6.07, 6.45) is 0.646. The summed E-state index contributed by atoms with van der Waals surface area (Å²) in [5.74, 6) is -0.975. The van der Waals surface area contributed by atoms with Crippen LogP contribution in [0.15, 0.2) is 71.5 Å². The monoisotopic (exact) mass is 610 g/mol. The van der Waals surface area contributed by atoms with Crippen molar-refractivity contribution in [2.45, 2.75) is 12.8 Å². The van der Waals surface area contributed by atoms with Crippen molar-refractivity contribution < 1.29 is 14.0 Å². The standard InChI is InChI=1S/C28H24FIN4O3/c29-24-9-8-19(16-25-21-6-1-2-7-22(21)27(36)32-31-25)15-23(24)28(37)34-12-10-33(11-13-34)26(35)17-18-4-3-5-20(30)14-18/h1-9,14-15H,10-13,16-17H2,(H,32,36). The minimum atomic E-state index is -0.592.